The fraction of sp³-hybridized carbons (Fsp3) is 1.00. The Labute approximate surface area is 70.0 Å². The van der Waals surface area contributed by atoms with Gasteiger partial charge in [0.25, 0.3) is 0 Å². The highest BCUT2D eigenvalue weighted by molar-refractivity contribution is 9.09. The van der Waals surface area contributed by atoms with Gasteiger partial charge in [0.15, 0.2) is 5.79 Å². The Morgan fingerprint density at radius 1 is 1.70 bits per heavy atom. The second kappa shape index (κ2) is 3.20. The number of alkyl halides is 1. The van der Waals surface area contributed by atoms with Gasteiger partial charge in [-0.1, -0.05) is 22.9 Å². The lowest BCUT2D eigenvalue weighted by Crippen LogP contribution is -2.25. The van der Waals surface area contributed by atoms with Crippen LogP contribution in [0.25, 0.3) is 0 Å². The Bertz CT molecular complexity index is 118. The summed E-state index contributed by atoms with van der Waals surface area (Å²) in [7, 11) is 0. The first-order valence-corrected chi connectivity index (χ1v) is 4.70. The van der Waals surface area contributed by atoms with Crippen molar-refractivity contribution >= 4 is 15.9 Å². The smallest absolute Gasteiger partial charge is 0.165 e. The van der Waals surface area contributed by atoms with Gasteiger partial charge in [0.1, 0.15) is 0 Å². The predicted molar refractivity (Wildman–Crippen MR) is 43.3 cm³/mol. The van der Waals surface area contributed by atoms with Gasteiger partial charge in [-0.05, 0) is 13.3 Å². The molecule has 1 fully saturated rings. The molecule has 0 aromatic carbocycles. The highest BCUT2D eigenvalue weighted by atomic mass is 79.9. The van der Waals surface area contributed by atoms with Crippen LogP contribution in [-0.4, -0.2) is 23.8 Å². The van der Waals surface area contributed by atoms with E-state index in [0.29, 0.717) is 0 Å². The van der Waals surface area contributed by atoms with Crippen LogP contribution in [0.15, 0.2) is 0 Å². The van der Waals surface area contributed by atoms with Gasteiger partial charge in [-0.2, -0.15) is 0 Å². The van der Waals surface area contributed by atoms with E-state index < -0.39 is 0 Å². The van der Waals surface area contributed by atoms with Crippen LogP contribution in [0.1, 0.15) is 20.3 Å². The van der Waals surface area contributed by atoms with E-state index in [-0.39, 0.29) is 11.9 Å². The molecule has 0 aromatic rings. The van der Waals surface area contributed by atoms with E-state index >= 15 is 0 Å². The Balaban J connectivity index is 2.41. The fourth-order valence-corrected chi connectivity index (χ4v) is 1.27. The standard InChI is InChI=1S/C7H13BrO2/c1-3-7(2)9-5-6(4-8)10-7/h6H,3-5H2,1-2H3. The maximum atomic E-state index is 5.58. The summed E-state index contributed by atoms with van der Waals surface area (Å²) in [4.78, 5) is 0. The third-order valence-corrected chi connectivity index (χ3v) is 2.53. The zero-order valence-corrected chi connectivity index (χ0v) is 7.98. The summed E-state index contributed by atoms with van der Waals surface area (Å²) in [5.41, 5.74) is 0. The fourth-order valence-electron chi connectivity index (χ4n) is 0.951. The van der Waals surface area contributed by atoms with Crippen LogP contribution in [0.5, 0.6) is 0 Å². The molecule has 0 aromatic heterocycles. The van der Waals surface area contributed by atoms with E-state index in [1.165, 1.54) is 0 Å². The molecule has 60 valence electrons. The maximum Gasteiger partial charge on any atom is 0.165 e. The van der Waals surface area contributed by atoms with Crippen LogP contribution in [0, 0.1) is 0 Å². The summed E-state index contributed by atoms with van der Waals surface area (Å²) in [5, 5.41) is 0.864. The highest BCUT2D eigenvalue weighted by Crippen LogP contribution is 2.26. The van der Waals surface area contributed by atoms with E-state index in [4.69, 9.17) is 9.47 Å². The van der Waals surface area contributed by atoms with Gasteiger partial charge in [-0.3, -0.25) is 0 Å². The van der Waals surface area contributed by atoms with Crippen molar-refractivity contribution in [2.45, 2.75) is 32.2 Å². The lowest BCUT2D eigenvalue weighted by atomic mass is 10.2. The topological polar surface area (TPSA) is 18.5 Å². The lowest BCUT2D eigenvalue weighted by Gasteiger charge is -2.20. The summed E-state index contributed by atoms with van der Waals surface area (Å²) in [6, 6.07) is 0. The highest BCUT2D eigenvalue weighted by Gasteiger charge is 2.34. The molecular weight excluding hydrogens is 196 g/mol. The van der Waals surface area contributed by atoms with Crippen molar-refractivity contribution in [3.05, 3.63) is 0 Å². The molecular formula is C7H13BrO2. The second-order valence-electron chi connectivity index (χ2n) is 2.69. The minimum atomic E-state index is -0.321. The van der Waals surface area contributed by atoms with Crippen molar-refractivity contribution in [2.75, 3.05) is 11.9 Å². The molecule has 1 rings (SSSR count). The van der Waals surface area contributed by atoms with Crippen molar-refractivity contribution in [1.29, 1.82) is 0 Å². The van der Waals surface area contributed by atoms with E-state index in [1.54, 1.807) is 0 Å². The molecule has 1 saturated heterocycles. The Morgan fingerprint density at radius 2 is 2.40 bits per heavy atom. The molecule has 10 heavy (non-hydrogen) atoms. The average molecular weight is 209 g/mol. The van der Waals surface area contributed by atoms with Crippen molar-refractivity contribution < 1.29 is 9.47 Å². The number of halogens is 1. The summed E-state index contributed by atoms with van der Waals surface area (Å²) in [6.07, 6.45) is 1.15. The van der Waals surface area contributed by atoms with E-state index in [9.17, 15) is 0 Å². The third kappa shape index (κ3) is 1.71. The molecule has 0 bridgehead atoms. The molecule has 0 N–H and O–H groups in total. The second-order valence-corrected chi connectivity index (χ2v) is 3.34. The molecule has 2 unspecified atom stereocenters. The predicted octanol–water partition coefficient (Wildman–Crippen LogP) is 1.92. The number of rotatable bonds is 2. The quantitative estimate of drug-likeness (QED) is 0.647. The van der Waals surface area contributed by atoms with Gasteiger partial charge < -0.3 is 9.47 Å². The minimum Gasteiger partial charge on any atom is -0.347 e. The van der Waals surface area contributed by atoms with Gasteiger partial charge in [0, 0.05) is 5.33 Å². The van der Waals surface area contributed by atoms with Crippen LogP contribution < -0.4 is 0 Å². The number of ether oxygens (including phenoxy) is 2. The van der Waals surface area contributed by atoms with Crippen molar-refractivity contribution in [2.24, 2.45) is 0 Å². The zero-order chi connectivity index (χ0) is 7.61. The Hall–Kier alpha value is 0.400. The first-order chi connectivity index (χ1) is 4.70. The molecule has 3 heteroatoms. The van der Waals surface area contributed by atoms with Crippen molar-refractivity contribution in [3.63, 3.8) is 0 Å². The summed E-state index contributed by atoms with van der Waals surface area (Å²) >= 11 is 3.35. The largest absolute Gasteiger partial charge is 0.347 e. The van der Waals surface area contributed by atoms with Gasteiger partial charge in [0.2, 0.25) is 0 Å². The Morgan fingerprint density at radius 3 is 2.70 bits per heavy atom. The van der Waals surface area contributed by atoms with Crippen molar-refractivity contribution in [3.8, 4) is 0 Å². The van der Waals surface area contributed by atoms with Crippen LogP contribution in [0.2, 0.25) is 0 Å². The molecule has 1 aliphatic heterocycles. The normalized spacial score (nSPS) is 40.5. The van der Waals surface area contributed by atoms with Gasteiger partial charge in [-0.25, -0.2) is 0 Å². The Kier molecular flexibility index (Phi) is 2.72. The van der Waals surface area contributed by atoms with Crippen LogP contribution in [-0.2, 0) is 9.47 Å². The molecule has 0 radical (unpaired) electrons. The van der Waals surface area contributed by atoms with E-state index in [0.717, 1.165) is 18.4 Å². The molecule has 2 nitrogen and oxygen atoms in total. The minimum absolute atomic E-state index is 0.241. The van der Waals surface area contributed by atoms with E-state index in [1.807, 2.05) is 6.92 Å². The average Bonchev–Trinajstić information content (AvgIpc) is 2.33. The molecule has 0 aliphatic carbocycles. The molecule has 0 saturated carbocycles. The third-order valence-electron chi connectivity index (χ3n) is 1.80. The lowest BCUT2D eigenvalue weighted by molar-refractivity contribution is -0.152. The molecule has 0 amide bonds. The zero-order valence-electron chi connectivity index (χ0n) is 6.39. The first kappa shape index (κ1) is 8.50. The van der Waals surface area contributed by atoms with Crippen LogP contribution >= 0.6 is 15.9 Å². The summed E-state index contributed by atoms with van der Waals surface area (Å²) in [6.45, 7) is 4.77. The first-order valence-electron chi connectivity index (χ1n) is 3.58. The van der Waals surface area contributed by atoms with Crippen LogP contribution in [0.4, 0.5) is 0 Å². The SMILES string of the molecule is CCC1(C)OCC(CBr)O1. The van der Waals surface area contributed by atoms with Gasteiger partial charge in [0.05, 0.1) is 12.7 Å². The van der Waals surface area contributed by atoms with Crippen molar-refractivity contribution in [1.82, 2.24) is 0 Å². The van der Waals surface area contributed by atoms with Crippen LogP contribution in [0.3, 0.4) is 0 Å². The summed E-state index contributed by atoms with van der Waals surface area (Å²) in [5.74, 6) is -0.321. The monoisotopic (exact) mass is 208 g/mol. The molecule has 1 aliphatic rings. The molecule has 1 heterocycles. The number of hydrogen-bond donors (Lipinski definition) is 0. The summed E-state index contributed by atoms with van der Waals surface area (Å²) < 4.78 is 11.0. The molecule has 0 spiro atoms. The van der Waals surface area contributed by atoms with Gasteiger partial charge in [-0.15, -0.1) is 0 Å². The van der Waals surface area contributed by atoms with Gasteiger partial charge >= 0.3 is 0 Å². The number of hydrogen-bond acceptors (Lipinski definition) is 2. The van der Waals surface area contributed by atoms with E-state index in [2.05, 4.69) is 22.9 Å². The maximum absolute atomic E-state index is 5.58. The molecule has 2 atom stereocenters.